The third kappa shape index (κ3) is 41.6. The molecule has 1 unspecified atom stereocenters. The molecule has 5 nitrogen and oxygen atoms in total. The van der Waals surface area contributed by atoms with Crippen LogP contribution in [0.3, 0.4) is 0 Å². The van der Waals surface area contributed by atoms with Crippen molar-refractivity contribution >= 4 is 11.9 Å². The van der Waals surface area contributed by atoms with E-state index in [0.29, 0.717) is 19.4 Å². The molecule has 0 amide bonds. The van der Waals surface area contributed by atoms with E-state index < -0.39 is 6.10 Å². The van der Waals surface area contributed by atoms with Crippen molar-refractivity contribution in [3.8, 4) is 0 Å². The third-order valence-corrected chi connectivity index (χ3v) is 8.62. The number of unbranched alkanes of at least 4 members (excludes halogenated alkanes) is 11. The molecular weight excluding hydrogens is 669 g/mol. The van der Waals surface area contributed by atoms with Gasteiger partial charge in [-0.2, -0.15) is 0 Å². The molecule has 0 saturated heterocycles. The Labute approximate surface area is 332 Å². The number of hydrogen-bond donors (Lipinski definition) is 0. The van der Waals surface area contributed by atoms with Crippen LogP contribution in [0.25, 0.3) is 0 Å². The van der Waals surface area contributed by atoms with Gasteiger partial charge in [0.05, 0.1) is 6.61 Å². The van der Waals surface area contributed by atoms with Gasteiger partial charge in [0.25, 0.3) is 0 Å². The maximum atomic E-state index is 12.5. The molecule has 0 aliphatic rings. The minimum atomic E-state index is -0.565. The maximum Gasteiger partial charge on any atom is 0.306 e. The van der Waals surface area contributed by atoms with Crippen LogP contribution < -0.4 is 0 Å². The quantitative estimate of drug-likeness (QED) is 0.0357. The van der Waals surface area contributed by atoms with Crippen molar-refractivity contribution in [2.45, 2.75) is 181 Å². The highest BCUT2D eigenvalue weighted by Gasteiger charge is 2.17. The van der Waals surface area contributed by atoms with Crippen molar-refractivity contribution in [1.29, 1.82) is 0 Å². The second kappa shape index (κ2) is 44.2. The number of allylic oxidation sites excluding steroid dienone is 16. The van der Waals surface area contributed by atoms with E-state index in [2.05, 4.69) is 118 Å². The van der Waals surface area contributed by atoms with Gasteiger partial charge in [0, 0.05) is 19.4 Å². The van der Waals surface area contributed by atoms with Crippen molar-refractivity contribution in [3.63, 3.8) is 0 Å². The van der Waals surface area contributed by atoms with Crippen LogP contribution in [0.1, 0.15) is 175 Å². The van der Waals surface area contributed by atoms with Gasteiger partial charge in [0.15, 0.2) is 6.10 Å². The van der Waals surface area contributed by atoms with Crippen molar-refractivity contribution < 1.29 is 23.8 Å². The van der Waals surface area contributed by atoms with Crippen LogP contribution in [0.5, 0.6) is 0 Å². The number of carbonyl (C=O) groups excluding carboxylic acids is 2. The Balaban J connectivity index is 4.21. The van der Waals surface area contributed by atoms with E-state index >= 15 is 0 Å². The Morgan fingerprint density at radius 1 is 0.426 bits per heavy atom. The van der Waals surface area contributed by atoms with E-state index in [4.69, 9.17) is 14.2 Å². The molecule has 0 radical (unpaired) electrons. The van der Waals surface area contributed by atoms with Gasteiger partial charge in [0.2, 0.25) is 0 Å². The fourth-order valence-corrected chi connectivity index (χ4v) is 5.43. The highest BCUT2D eigenvalue weighted by molar-refractivity contribution is 5.70. The zero-order chi connectivity index (χ0) is 39.3. The van der Waals surface area contributed by atoms with E-state index in [1.807, 2.05) is 0 Å². The Morgan fingerprint density at radius 3 is 1.33 bits per heavy atom. The van der Waals surface area contributed by atoms with Crippen LogP contribution >= 0.6 is 0 Å². The second-order valence-electron chi connectivity index (χ2n) is 13.8. The fraction of sp³-hybridized carbons (Fsp3) is 0.633. The first-order valence-corrected chi connectivity index (χ1v) is 21.8. The van der Waals surface area contributed by atoms with Crippen LogP contribution in [0.4, 0.5) is 0 Å². The molecule has 0 saturated carbocycles. The molecule has 0 N–H and O–H groups in total. The first kappa shape index (κ1) is 50.8. The van der Waals surface area contributed by atoms with Gasteiger partial charge < -0.3 is 14.2 Å². The lowest BCUT2D eigenvalue weighted by Gasteiger charge is -2.18. The summed E-state index contributed by atoms with van der Waals surface area (Å²) in [4.78, 5) is 25.0. The topological polar surface area (TPSA) is 61.8 Å². The van der Waals surface area contributed by atoms with Gasteiger partial charge in [-0.05, 0) is 96.3 Å². The molecule has 0 bridgehead atoms. The van der Waals surface area contributed by atoms with Crippen LogP contribution in [-0.4, -0.2) is 37.9 Å². The molecule has 0 fully saturated rings. The summed E-state index contributed by atoms with van der Waals surface area (Å²) in [5.41, 5.74) is 0. The summed E-state index contributed by atoms with van der Waals surface area (Å²) in [5, 5.41) is 0. The van der Waals surface area contributed by atoms with Crippen molar-refractivity contribution in [3.05, 3.63) is 97.2 Å². The van der Waals surface area contributed by atoms with E-state index in [-0.39, 0.29) is 25.2 Å². The maximum absolute atomic E-state index is 12.5. The molecule has 1 atom stereocenters. The Morgan fingerprint density at radius 2 is 0.833 bits per heavy atom. The van der Waals surface area contributed by atoms with Gasteiger partial charge >= 0.3 is 11.9 Å². The first-order chi connectivity index (χ1) is 26.6. The molecule has 0 aromatic heterocycles. The number of hydrogen-bond acceptors (Lipinski definition) is 5. The molecule has 0 rings (SSSR count). The Hall–Kier alpha value is -3.18. The lowest BCUT2D eigenvalue weighted by Crippen LogP contribution is -2.30. The van der Waals surface area contributed by atoms with Crippen LogP contribution in [0, 0.1) is 0 Å². The summed E-state index contributed by atoms with van der Waals surface area (Å²) >= 11 is 0. The Bertz CT molecular complexity index is 1070. The summed E-state index contributed by atoms with van der Waals surface area (Å²) in [6.07, 6.45) is 58.7. The van der Waals surface area contributed by atoms with Gasteiger partial charge in [0.1, 0.15) is 6.61 Å². The first-order valence-electron chi connectivity index (χ1n) is 21.8. The standard InChI is InChI=1S/C49H80O5/c1-4-7-10-13-15-17-19-21-23-24-25-27-29-31-33-35-38-41-44-52-45-47(54-49(51)43-40-36-12-9-6-3)46-53-48(50)42-39-37-34-32-30-28-26-22-20-18-16-14-11-8-5-2/h7-8,10-11,15-18,21-23,25-27,31,33,47H,4-6,9,12-14,19-20,24,28-30,32,34-46H2,1-3H3/b10-7-,11-8-,17-15-,18-16-,23-21-,26-22-,27-25-,33-31-. The minimum absolute atomic E-state index is 0.0530. The largest absolute Gasteiger partial charge is 0.462 e. The monoisotopic (exact) mass is 749 g/mol. The highest BCUT2D eigenvalue weighted by atomic mass is 16.6. The average molecular weight is 749 g/mol. The van der Waals surface area contributed by atoms with E-state index in [1.165, 1.54) is 25.7 Å². The van der Waals surface area contributed by atoms with E-state index in [9.17, 15) is 9.59 Å². The fourth-order valence-electron chi connectivity index (χ4n) is 5.43. The Kier molecular flexibility index (Phi) is 41.6. The molecular formula is C49H80O5. The predicted molar refractivity (Wildman–Crippen MR) is 233 cm³/mol. The number of ether oxygens (including phenoxy) is 3. The number of rotatable bonds is 38. The lowest BCUT2D eigenvalue weighted by molar-refractivity contribution is -0.163. The van der Waals surface area contributed by atoms with Gasteiger partial charge in [-0.15, -0.1) is 0 Å². The molecule has 0 heterocycles. The normalized spacial score (nSPS) is 13.2. The van der Waals surface area contributed by atoms with E-state index in [1.54, 1.807) is 0 Å². The summed E-state index contributed by atoms with van der Waals surface area (Å²) in [6.45, 7) is 7.38. The average Bonchev–Trinajstić information content (AvgIpc) is 3.17. The molecule has 0 spiro atoms. The lowest BCUT2D eigenvalue weighted by atomic mass is 10.1. The molecule has 5 heteroatoms. The number of esters is 2. The van der Waals surface area contributed by atoms with E-state index in [0.717, 1.165) is 116 Å². The summed E-state index contributed by atoms with van der Waals surface area (Å²) in [7, 11) is 0. The minimum Gasteiger partial charge on any atom is -0.462 e. The SMILES string of the molecule is CC/C=C\C/C=C\C/C=C\C/C=C\C/C=C\CCCCOCC(COC(=O)CCCCCCC/C=C\C/C=C\C/C=C\CC)OC(=O)CCCCCCC. The summed E-state index contributed by atoms with van der Waals surface area (Å²) in [6, 6.07) is 0. The molecule has 0 aromatic rings. The van der Waals surface area contributed by atoms with Crippen molar-refractivity contribution in [2.24, 2.45) is 0 Å². The number of carbonyl (C=O) groups is 2. The smallest absolute Gasteiger partial charge is 0.306 e. The zero-order valence-electron chi connectivity index (χ0n) is 34.9. The van der Waals surface area contributed by atoms with Crippen LogP contribution in [0.15, 0.2) is 97.2 Å². The molecule has 0 aliphatic heterocycles. The highest BCUT2D eigenvalue weighted by Crippen LogP contribution is 2.11. The van der Waals surface area contributed by atoms with Gasteiger partial charge in [-0.25, -0.2) is 0 Å². The predicted octanol–water partition coefficient (Wildman–Crippen LogP) is 14.3. The van der Waals surface area contributed by atoms with Gasteiger partial charge in [-0.1, -0.05) is 163 Å². The summed E-state index contributed by atoms with van der Waals surface area (Å²) < 4.78 is 17.1. The zero-order valence-corrected chi connectivity index (χ0v) is 34.9. The molecule has 0 aliphatic carbocycles. The van der Waals surface area contributed by atoms with Crippen LogP contribution in [-0.2, 0) is 23.8 Å². The van der Waals surface area contributed by atoms with Crippen LogP contribution in [0.2, 0.25) is 0 Å². The van der Waals surface area contributed by atoms with Crippen molar-refractivity contribution in [2.75, 3.05) is 19.8 Å². The van der Waals surface area contributed by atoms with Crippen molar-refractivity contribution in [1.82, 2.24) is 0 Å². The summed E-state index contributed by atoms with van der Waals surface area (Å²) in [5.74, 6) is -0.463. The molecule has 54 heavy (non-hydrogen) atoms. The third-order valence-electron chi connectivity index (χ3n) is 8.62. The molecule has 306 valence electrons. The molecule has 0 aromatic carbocycles. The second-order valence-corrected chi connectivity index (χ2v) is 13.8. The van der Waals surface area contributed by atoms with Gasteiger partial charge in [-0.3, -0.25) is 9.59 Å².